The molecule has 0 fully saturated rings. The Morgan fingerprint density at radius 3 is 2.82 bits per heavy atom. The largest absolute Gasteiger partial charge is 0.310 e. The van der Waals surface area contributed by atoms with Crippen molar-refractivity contribution in [2.75, 3.05) is 12.8 Å². The Balaban J connectivity index is 2.37. The molecule has 1 rings (SSSR count). The van der Waals surface area contributed by atoms with E-state index in [2.05, 4.69) is 24.3 Å². The van der Waals surface area contributed by atoms with Crippen molar-refractivity contribution in [2.24, 2.45) is 0 Å². The Kier molecular flexibility index (Phi) is 5.85. The van der Waals surface area contributed by atoms with Crippen LogP contribution in [0.25, 0.3) is 0 Å². The van der Waals surface area contributed by atoms with Crippen molar-refractivity contribution in [1.29, 1.82) is 0 Å². The molecule has 1 aromatic rings. The van der Waals surface area contributed by atoms with Crippen LogP contribution < -0.4 is 5.32 Å². The molecule has 0 saturated carbocycles. The third-order valence-corrected chi connectivity index (χ3v) is 4.31. The first-order valence-electron chi connectivity index (χ1n) is 6.11. The summed E-state index contributed by atoms with van der Waals surface area (Å²) < 4.78 is 13.2. The normalized spacial score (nSPS) is 16.7. The van der Waals surface area contributed by atoms with E-state index in [0.29, 0.717) is 6.04 Å². The minimum absolute atomic E-state index is 0.187. The SMILES string of the molecule is CCC(C)n1ccc(CNCC(C)S(C)=O)n1. The van der Waals surface area contributed by atoms with Crippen LogP contribution in [0.2, 0.25) is 0 Å². The lowest BCUT2D eigenvalue weighted by Gasteiger charge is -2.09. The minimum atomic E-state index is -0.760. The average molecular weight is 257 g/mol. The summed E-state index contributed by atoms with van der Waals surface area (Å²) in [5, 5.41) is 7.97. The summed E-state index contributed by atoms with van der Waals surface area (Å²) in [6, 6.07) is 2.48. The highest BCUT2D eigenvalue weighted by Gasteiger charge is 2.07. The van der Waals surface area contributed by atoms with Gasteiger partial charge in [0.15, 0.2) is 0 Å². The third kappa shape index (κ3) is 4.60. The number of nitrogens with zero attached hydrogens (tertiary/aromatic N) is 2. The van der Waals surface area contributed by atoms with Gasteiger partial charge in [0, 0.05) is 47.6 Å². The molecule has 3 atom stereocenters. The Morgan fingerprint density at radius 1 is 1.53 bits per heavy atom. The molecule has 1 N–H and O–H groups in total. The smallest absolute Gasteiger partial charge is 0.0762 e. The number of nitrogens with one attached hydrogen (secondary N) is 1. The van der Waals surface area contributed by atoms with E-state index in [0.717, 1.165) is 25.2 Å². The molecule has 0 saturated heterocycles. The summed E-state index contributed by atoms with van der Waals surface area (Å²) in [4.78, 5) is 0. The molecular formula is C12H23N3OS. The first-order valence-corrected chi connectivity index (χ1v) is 7.73. The fraction of sp³-hybridized carbons (Fsp3) is 0.750. The van der Waals surface area contributed by atoms with Crippen molar-refractivity contribution >= 4 is 10.8 Å². The van der Waals surface area contributed by atoms with E-state index in [-0.39, 0.29) is 5.25 Å². The fourth-order valence-corrected chi connectivity index (χ4v) is 1.78. The molecule has 1 aromatic heterocycles. The predicted octanol–water partition coefficient (Wildman–Crippen LogP) is 1.71. The maximum absolute atomic E-state index is 11.2. The molecule has 98 valence electrons. The Morgan fingerprint density at radius 2 is 2.24 bits per heavy atom. The van der Waals surface area contributed by atoms with Crippen LogP contribution in [0.3, 0.4) is 0 Å². The van der Waals surface area contributed by atoms with Crippen LogP contribution >= 0.6 is 0 Å². The van der Waals surface area contributed by atoms with Gasteiger partial charge >= 0.3 is 0 Å². The van der Waals surface area contributed by atoms with Gasteiger partial charge in [-0.05, 0) is 26.3 Å². The van der Waals surface area contributed by atoms with Crippen molar-refractivity contribution in [2.45, 2.75) is 45.0 Å². The van der Waals surface area contributed by atoms with E-state index in [9.17, 15) is 4.21 Å². The van der Waals surface area contributed by atoms with Crippen LogP contribution in [0.4, 0.5) is 0 Å². The van der Waals surface area contributed by atoms with Gasteiger partial charge in [-0.25, -0.2) is 0 Å². The summed E-state index contributed by atoms with van der Waals surface area (Å²) >= 11 is 0. The lowest BCUT2D eigenvalue weighted by atomic mass is 10.3. The van der Waals surface area contributed by atoms with Gasteiger partial charge in [-0.15, -0.1) is 0 Å². The molecule has 3 unspecified atom stereocenters. The highest BCUT2D eigenvalue weighted by molar-refractivity contribution is 7.84. The maximum Gasteiger partial charge on any atom is 0.0762 e. The molecule has 4 nitrogen and oxygen atoms in total. The zero-order valence-corrected chi connectivity index (χ0v) is 12.0. The van der Waals surface area contributed by atoms with Crippen molar-refractivity contribution in [3.63, 3.8) is 0 Å². The van der Waals surface area contributed by atoms with Crippen LogP contribution in [0.5, 0.6) is 0 Å². The van der Waals surface area contributed by atoms with Crippen molar-refractivity contribution in [3.05, 3.63) is 18.0 Å². The number of aromatic nitrogens is 2. The summed E-state index contributed by atoms with van der Waals surface area (Å²) in [5.41, 5.74) is 1.04. The molecule has 0 aromatic carbocycles. The molecule has 0 radical (unpaired) electrons. The van der Waals surface area contributed by atoms with Gasteiger partial charge in [0.05, 0.1) is 5.69 Å². The summed E-state index contributed by atoms with van der Waals surface area (Å²) in [6.07, 6.45) is 4.84. The van der Waals surface area contributed by atoms with Crippen LogP contribution in [0, 0.1) is 0 Å². The molecule has 1 heterocycles. The van der Waals surface area contributed by atoms with Gasteiger partial charge in [0.25, 0.3) is 0 Å². The second-order valence-electron chi connectivity index (χ2n) is 4.48. The van der Waals surface area contributed by atoms with Gasteiger partial charge < -0.3 is 5.32 Å². The zero-order valence-electron chi connectivity index (χ0n) is 11.1. The zero-order chi connectivity index (χ0) is 12.8. The van der Waals surface area contributed by atoms with E-state index >= 15 is 0 Å². The molecule has 0 aliphatic heterocycles. The number of hydrogen-bond donors (Lipinski definition) is 1. The van der Waals surface area contributed by atoms with Gasteiger partial charge in [-0.2, -0.15) is 5.10 Å². The average Bonchev–Trinajstić information content (AvgIpc) is 2.76. The standard InChI is InChI=1S/C12H23N3OS/c1-5-10(2)15-7-6-12(14-15)9-13-8-11(3)17(4)16/h6-7,10-11,13H,5,8-9H2,1-4H3. The topological polar surface area (TPSA) is 46.9 Å². The number of rotatable bonds is 7. The molecule has 0 bridgehead atoms. The van der Waals surface area contributed by atoms with Crippen molar-refractivity contribution in [3.8, 4) is 0 Å². The second-order valence-corrected chi connectivity index (χ2v) is 6.29. The van der Waals surface area contributed by atoms with Crippen LogP contribution in [0.15, 0.2) is 12.3 Å². The van der Waals surface area contributed by atoms with Gasteiger partial charge in [0.2, 0.25) is 0 Å². The third-order valence-electron chi connectivity index (χ3n) is 3.01. The monoisotopic (exact) mass is 257 g/mol. The lowest BCUT2D eigenvalue weighted by Crippen LogP contribution is -2.27. The van der Waals surface area contributed by atoms with Crippen LogP contribution in [-0.2, 0) is 17.3 Å². The van der Waals surface area contributed by atoms with E-state index in [4.69, 9.17) is 0 Å². The lowest BCUT2D eigenvalue weighted by molar-refractivity contribution is 0.471. The van der Waals surface area contributed by atoms with Crippen LogP contribution in [-0.4, -0.2) is 32.0 Å². The van der Waals surface area contributed by atoms with E-state index in [1.54, 1.807) is 6.26 Å². The van der Waals surface area contributed by atoms with Gasteiger partial charge in [0.1, 0.15) is 0 Å². The molecule has 0 aliphatic carbocycles. The van der Waals surface area contributed by atoms with Crippen molar-refractivity contribution < 1.29 is 4.21 Å². The van der Waals surface area contributed by atoms with E-state index < -0.39 is 10.8 Å². The van der Waals surface area contributed by atoms with E-state index in [1.165, 1.54) is 0 Å². The Labute approximate surface area is 106 Å². The fourth-order valence-electron chi connectivity index (χ4n) is 1.43. The maximum atomic E-state index is 11.2. The molecule has 17 heavy (non-hydrogen) atoms. The van der Waals surface area contributed by atoms with Gasteiger partial charge in [-0.3, -0.25) is 8.89 Å². The summed E-state index contributed by atoms with van der Waals surface area (Å²) in [6.45, 7) is 7.81. The second kappa shape index (κ2) is 6.91. The Hall–Kier alpha value is -0.680. The Bertz CT molecular complexity index is 364. The van der Waals surface area contributed by atoms with E-state index in [1.807, 2.05) is 23.9 Å². The molecule has 0 spiro atoms. The summed E-state index contributed by atoms with van der Waals surface area (Å²) in [5.74, 6) is 0. The molecular weight excluding hydrogens is 234 g/mol. The molecule has 5 heteroatoms. The highest BCUT2D eigenvalue weighted by Crippen LogP contribution is 2.08. The van der Waals surface area contributed by atoms with Crippen LogP contribution in [0.1, 0.15) is 38.9 Å². The summed E-state index contributed by atoms with van der Waals surface area (Å²) in [7, 11) is -0.760. The number of hydrogen-bond acceptors (Lipinski definition) is 3. The minimum Gasteiger partial charge on any atom is -0.310 e. The first kappa shape index (κ1) is 14.4. The molecule has 0 aliphatic rings. The molecule has 0 amide bonds. The van der Waals surface area contributed by atoms with Gasteiger partial charge in [-0.1, -0.05) is 6.92 Å². The van der Waals surface area contributed by atoms with Crippen molar-refractivity contribution in [1.82, 2.24) is 15.1 Å². The quantitative estimate of drug-likeness (QED) is 0.809. The highest BCUT2D eigenvalue weighted by atomic mass is 32.2. The predicted molar refractivity (Wildman–Crippen MR) is 72.5 cm³/mol. The first-order chi connectivity index (χ1) is 8.04.